The lowest BCUT2D eigenvalue weighted by atomic mass is 9.85. The van der Waals surface area contributed by atoms with Crippen molar-refractivity contribution < 1.29 is 9.59 Å². The third-order valence-electron chi connectivity index (χ3n) is 8.50. The topological polar surface area (TPSA) is 64.7 Å². The molecule has 6 heteroatoms. The van der Waals surface area contributed by atoms with Gasteiger partial charge in [-0.3, -0.25) is 14.5 Å². The minimum atomic E-state index is -0.124. The maximum atomic E-state index is 13.6. The predicted octanol–water partition coefficient (Wildman–Crippen LogP) is 5.96. The molecule has 3 aliphatic rings. The van der Waals surface area contributed by atoms with E-state index in [4.69, 9.17) is 0 Å². The Morgan fingerprint density at radius 2 is 1.70 bits per heavy atom. The van der Waals surface area contributed by atoms with Gasteiger partial charge in [0.2, 0.25) is 5.91 Å². The van der Waals surface area contributed by atoms with Gasteiger partial charge < -0.3 is 15.5 Å². The number of nitrogens with one attached hydrogen (secondary N) is 2. The number of anilines is 3. The Morgan fingerprint density at radius 1 is 0.946 bits per heavy atom. The fourth-order valence-electron chi connectivity index (χ4n) is 6.23. The quantitative estimate of drug-likeness (QED) is 0.529. The fraction of sp³-hybridized carbons (Fsp3) is 0.548. The standard InChI is InChI=1S/C31H42N4O2/c1-31(2,3)22-13-15-24(26(19-22)33-25-9-5-6-10-27(25)35-17-7-8-18-35)30(37)32-23-14-11-21-12-16-29(36)34(4)28(21)20-23/h11,13-15,19-20,25,27,33H,5-10,12,16-18H2,1-4H3,(H,32,37)/t25-,27-/m0/s1. The average molecular weight is 503 g/mol. The van der Waals surface area contributed by atoms with Crippen LogP contribution in [0.4, 0.5) is 17.1 Å². The fourth-order valence-corrected chi connectivity index (χ4v) is 6.23. The Balaban J connectivity index is 1.42. The van der Waals surface area contributed by atoms with Crippen LogP contribution in [0.1, 0.15) is 87.2 Å². The van der Waals surface area contributed by atoms with Crippen molar-refractivity contribution in [3.05, 3.63) is 53.1 Å². The second-order valence-corrected chi connectivity index (χ2v) is 12.1. The molecule has 6 nitrogen and oxygen atoms in total. The molecule has 2 amide bonds. The molecule has 0 bridgehead atoms. The molecule has 2 atom stereocenters. The van der Waals surface area contributed by atoms with Crippen molar-refractivity contribution in [3.63, 3.8) is 0 Å². The molecule has 0 radical (unpaired) electrons. The van der Waals surface area contributed by atoms with E-state index in [1.807, 2.05) is 24.3 Å². The first-order chi connectivity index (χ1) is 17.7. The highest BCUT2D eigenvalue weighted by Crippen LogP contribution is 2.34. The van der Waals surface area contributed by atoms with Crippen molar-refractivity contribution in [2.75, 3.05) is 35.7 Å². The van der Waals surface area contributed by atoms with Crippen molar-refractivity contribution in [1.82, 2.24) is 4.90 Å². The molecular formula is C31H42N4O2. The number of fused-ring (bicyclic) bond motifs is 1. The van der Waals surface area contributed by atoms with Gasteiger partial charge in [0.15, 0.2) is 0 Å². The van der Waals surface area contributed by atoms with Crippen LogP contribution in [0.5, 0.6) is 0 Å². The SMILES string of the molecule is CN1C(=O)CCc2ccc(NC(=O)c3ccc(C(C)(C)C)cc3N[C@H]3CCCC[C@@H]3N3CCCC3)cc21. The molecule has 2 aromatic rings. The monoisotopic (exact) mass is 502 g/mol. The molecule has 0 aromatic heterocycles. The van der Waals surface area contributed by atoms with Gasteiger partial charge in [0.05, 0.1) is 5.56 Å². The maximum absolute atomic E-state index is 13.6. The number of nitrogens with zero attached hydrogens (tertiary/aromatic N) is 2. The molecule has 1 saturated heterocycles. The lowest BCUT2D eigenvalue weighted by Gasteiger charge is -2.39. The third-order valence-corrected chi connectivity index (χ3v) is 8.50. The van der Waals surface area contributed by atoms with Crippen LogP contribution in [0.25, 0.3) is 0 Å². The molecular weight excluding hydrogens is 460 g/mol. The minimum absolute atomic E-state index is 0.0119. The van der Waals surface area contributed by atoms with Crippen molar-refractivity contribution in [2.24, 2.45) is 0 Å². The lowest BCUT2D eigenvalue weighted by molar-refractivity contribution is -0.118. The van der Waals surface area contributed by atoms with Crippen LogP contribution in [-0.2, 0) is 16.6 Å². The van der Waals surface area contributed by atoms with Gasteiger partial charge in [0.1, 0.15) is 0 Å². The van der Waals surface area contributed by atoms with E-state index in [1.165, 1.54) is 50.8 Å². The zero-order chi connectivity index (χ0) is 26.2. The van der Waals surface area contributed by atoms with Gasteiger partial charge in [0.25, 0.3) is 5.91 Å². The number of hydrogen-bond donors (Lipinski definition) is 2. The molecule has 5 rings (SSSR count). The molecule has 1 aliphatic carbocycles. The Bertz CT molecular complexity index is 1160. The Labute approximate surface area is 221 Å². The Morgan fingerprint density at radius 3 is 2.46 bits per heavy atom. The molecule has 2 heterocycles. The largest absolute Gasteiger partial charge is 0.380 e. The Kier molecular flexibility index (Phi) is 7.30. The second-order valence-electron chi connectivity index (χ2n) is 12.1. The van der Waals surface area contributed by atoms with Crippen LogP contribution >= 0.6 is 0 Å². The maximum Gasteiger partial charge on any atom is 0.257 e. The van der Waals surface area contributed by atoms with E-state index in [0.29, 0.717) is 29.8 Å². The molecule has 2 N–H and O–H groups in total. The number of likely N-dealkylation sites (tertiary alicyclic amines) is 1. The number of carbonyl (C=O) groups excluding carboxylic acids is 2. The molecule has 1 saturated carbocycles. The second kappa shape index (κ2) is 10.5. The summed E-state index contributed by atoms with van der Waals surface area (Å²) >= 11 is 0. The van der Waals surface area contributed by atoms with E-state index in [1.54, 1.807) is 11.9 Å². The van der Waals surface area contributed by atoms with E-state index in [9.17, 15) is 9.59 Å². The van der Waals surface area contributed by atoms with Gasteiger partial charge >= 0.3 is 0 Å². The van der Waals surface area contributed by atoms with Gasteiger partial charge in [-0.2, -0.15) is 0 Å². The predicted molar refractivity (Wildman–Crippen MR) is 152 cm³/mol. The molecule has 198 valence electrons. The van der Waals surface area contributed by atoms with Gasteiger partial charge in [-0.15, -0.1) is 0 Å². The first-order valence-corrected chi connectivity index (χ1v) is 14.1. The summed E-state index contributed by atoms with van der Waals surface area (Å²) in [6.07, 6.45) is 8.72. The van der Waals surface area contributed by atoms with E-state index in [0.717, 1.165) is 29.8 Å². The number of aryl methyl sites for hydroxylation is 1. The lowest BCUT2D eigenvalue weighted by Crippen LogP contribution is -2.47. The molecule has 2 fully saturated rings. The number of rotatable bonds is 5. The van der Waals surface area contributed by atoms with E-state index in [-0.39, 0.29) is 17.2 Å². The van der Waals surface area contributed by atoms with Gasteiger partial charge in [-0.1, -0.05) is 45.7 Å². The van der Waals surface area contributed by atoms with Crippen LogP contribution in [0.3, 0.4) is 0 Å². The molecule has 37 heavy (non-hydrogen) atoms. The van der Waals surface area contributed by atoms with E-state index >= 15 is 0 Å². The van der Waals surface area contributed by atoms with Crippen LogP contribution < -0.4 is 15.5 Å². The zero-order valence-corrected chi connectivity index (χ0v) is 22.9. The van der Waals surface area contributed by atoms with E-state index < -0.39 is 0 Å². The van der Waals surface area contributed by atoms with Gasteiger partial charge in [0, 0.05) is 42.6 Å². The molecule has 0 unspecified atom stereocenters. The highest BCUT2D eigenvalue weighted by atomic mass is 16.2. The van der Waals surface area contributed by atoms with Crippen LogP contribution in [0.15, 0.2) is 36.4 Å². The summed E-state index contributed by atoms with van der Waals surface area (Å²) in [6.45, 7) is 9.01. The first-order valence-electron chi connectivity index (χ1n) is 14.1. The summed E-state index contributed by atoms with van der Waals surface area (Å²) in [7, 11) is 1.81. The summed E-state index contributed by atoms with van der Waals surface area (Å²) in [4.78, 5) is 30.2. The number of hydrogen-bond acceptors (Lipinski definition) is 4. The summed E-state index contributed by atoms with van der Waals surface area (Å²) in [6, 6.07) is 13.0. The van der Waals surface area contributed by atoms with Crippen molar-refractivity contribution in [1.29, 1.82) is 0 Å². The number of amides is 2. The van der Waals surface area contributed by atoms with Crippen molar-refractivity contribution in [3.8, 4) is 0 Å². The van der Waals surface area contributed by atoms with Gasteiger partial charge in [-0.05, 0) is 86.0 Å². The number of benzene rings is 2. The average Bonchev–Trinajstić information content (AvgIpc) is 3.41. The summed E-state index contributed by atoms with van der Waals surface area (Å²) in [5.74, 6) is -0.0125. The van der Waals surface area contributed by atoms with E-state index in [2.05, 4.69) is 48.4 Å². The molecule has 2 aliphatic heterocycles. The van der Waals surface area contributed by atoms with Crippen LogP contribution in [0.2, 0.25) is 0 Å². The smallest absolute Gasteiger partial charge is 0.257 e. The Hall–Kier alpha value is -2.86. The highest BCUT2D eigenvalue weighted by Gasteiger charge is 2.32. The van der Waals surface area contributed by atoms with Crippen molar-refractivity contribution >= 4 is 28.9 Å². The number of carbonyl (C=O) groups is 2. The van der Waals surface area contributed by atoms with Gasteiger partial charge in [-0.25, -0.2) is 0 Å². The minimum Gasteiger partial charge on any atom is -0.380 e. The first kappa shape index (κ1) is 25.8. The summed E-state index contributed by atoms with van der Waals surface area (Å²) in [5, 5.41) is 6.98. The van der Waals surface area contributed by atoms with Crippen LogP contribution in [-0.4, -0.2) is 48.9 Å². The molecule has 2 aromatic carbocycles. The normalized spacial score (nSPS) is 22.6. The van der Waals surface area contributed by atoms with Crippen molar-refractivity contribution in [2.45, 2.75) is 89.6 Å². The molecule has 0 spiro atoms. The summed E-state index contributed by atoms with van der Waals surface area (Å²) < 4.78 is 0. The highest BCUT2D eigenvalue weighted by molar-refractivity contribution is 6.08. The van der Waals surface area contributed by atoms with Crippen LogP contribution in [0, 0.1) is 0 Å². The zero-order valence-electron chi connectivity index (χ0n) is 22.9. The third kappa shape index (κ3) is 5.54. The summed E-state index contributed by atoms with van der Waals surface area (Å²) in [5.41, 5.74) is 5.53.